The number of hydrogen-bond acceptors (Lipinski definition) is 5. The summed E-state index contributed by atoms with van der Waals surface area (Å²) in [5, 5.41) is 8.51. The van der Waals surface area contributed by atoms with Crippen LogP contribution in [0, 0.1) is 17.2 Å². The number of rotatable bonds is 10. The molecule has 0 unspecified atom stereocenters. The summed E-state index contributed by atoms with van der Waals surface area (Å²) in [6, 6.07) is 14.2. The Morgan fingerprint density at radius 3 is 2.50 bits per heavy atom. The molecule has 0 amide bonds. The number of hydrogen-bond donors (Lipinski definition) is 0. The number of ketones is 1. The Hall–Kier alpha value is -3.26. The van der Waals surface area contributed by atoms with Crippen molar-refractivity contribution in [2.45, 2.75) is 20.3 Å². The molecule has 0 aliphatic heterocycles. The average molecular weight is 379 g/mol. The minimum atomic E-state index is -0.122. The van der Waals surface area contributed by atoms with E-state index in [0.717, 1.165) is 12.0 Å². The minimum absolute atomic E-state index is 0.0216. The van der Waals surface area contributed by atoms with Gasteiger partial charge in [0.05, 0.1) is 13.7 Å². The number of carbonyl (C=O) groups is 1. The summed E-state index contributed by atoms with van der Waals surface area (Å²) in [6.07, 6.45) is 4.22. The molecule has 0 fully saturated rings. The van der Waals surface area contributed by atoms with Crippen molar-refractivity contribution in [2.75, 3.05) is 20.3 Å². The van der Waals surface area contributed by atoms with Gasteiger partial charge in [-0.3, -0.25) is 4.79 Å². The maximum atomic E-state index is 12.3. The molecule has 0 radical (unpaired) electrons. The number of nitriles is 1. The molecule has 0 heterocycles. The van der Waals surface area contributed by atoms with Gasteiger partial charge in [0, 0.05) is 5.56 Å². The summed E-state index contributed by atoms with van der Waals surface area (Å²) in [7, 11) is 1.60. The molecular weight excluding hydrogens is 354 g/mol. The molecule has 0 spiro atoms. The molecule has 0 bridgehead atoms. The molecule has 0 saturated carbocycles. The molecule has 0 atom stereocenters. The van der Waals surface area contributed by atoms with Gasteiger partial charge < -0.3 is 14.2 Å². The first-order chi connectivity index (χ1) is 13.5. The zero-order valence-corrected chi connectivity index (χ0v) is 16.5. The van der Waals surface area contributed by atoms with E-state index in [1.54, 1.807) is 37.5 Å². The molecule has 5 heteroatoms. The zero-order chi connectivity index (χ0) is 20.4. The standard InChI is InChI=1S/C23H25NO4/c1-17(2)12-14-28-22-11-5-18(16-23(22)26-3)4-10-21(25)19-6-8-20(9-7-19)27-15-13-24/h4-11,16-17H,12,14-15H2,1-3H3. The van der Waals surface area contributed by atoms with Gasteiger partial charge in [0.1, 0.15) is 11.8 Å². The van der Waals surface area contributed by atoms with E-state index in [0.29, 0.717) is 35.3 Å². The summed E-state index contributed by atoms with van der Waals surface area (Å²) < 4.78 is 16.4. The van der Waals surface area contributed by atoms with Crippen LogP contribution in [0.5, 0.6) is 17.2 Å². The molecule has 146 valence electrons. The second kappa shape index (κ2) is 10.8. The summed E-state index contributed by atoms with van der Waals surface area (Å²) in [5.74, 6) is 2.34. The number of carbonyl (C=O) groups excluding carboxylic acids is 1. The molecule has 28 heavy (non-hydrogen) atoms. The third-order valence-electron chi connectivity index (χ3n) is 4.01. The van der Waals surface area contributed by atoms with Gasteiger partial charge >= 0.3 is 0 Å². The van der Waals surface area contributed by atoms with E-state index < -0.39 is 0 Å². The van der Waals surface area contributed by atoms with Gasteiger partial charge in [-0.05, 0) is 60.4 Å². The van der Waals surface area contributed by atoms with Gasteiger partial charge in [0.25, 0.3) is 0 Å². The van der Waals surface area contributed by atoms with E-state index in [4.69, 9.17) is 19.5 Å². The van der Waals surface area contributed by atoms with Crippen molar-refractivity contribution in [3.05, 3.63) is 59.7 Å². The Balaban J connectivity index is 2.02. The Labute approximate surface area is 166 Å². The lowest BCUT2D eigenvalue weighted by molar-refractivity contribution is 0.104. The second-order valence-electron chi connectivity index (χ2n) is 6.61. The van der Waals surface area contributed by atoms with Crippen molar-refractivity contribution in [1.82, 2.24) is 0 Å². The fourth-order valence-electron chi connectivity index (χ4n) is 2.41. The maximum Gasteiger partial charge on any atom is 0.185 e. The van der Waals surface area contributed by atoms with Crippen molar-refractivity contribution in [1.29, 1.82) is 5.26 Å². The summed E-state index contributed by atoms with van der Waals surface area (Å²) in [5.41, 5.74) is 1.39. The zero-order valence-electron chi connectivity index (χ0n) is 16.5. The lowest BCUT2D eigenvalue weighted by Gasteiger charge is -2.12. The highest BCUT2D eigenvalue weighted by Crippen LogP contribution is 2.29. The SMILES string of the molecule is COc1cc(C=CC(=O)c2ccc(OCC#N)cc2)ccc1OCCC(C)C. The molecule has 0 N–H and O–H groups in total. The van der Waals surface area contributed by atoms with E-state index in [2.05, 4.69) is 13.8 Å². The van der Waals surface area contributed by atoms with Gasteiger partial charge in [-0.25, -0.2) is 0 Å². The van der Waals surface area contributed by atoms with Crippen LogP contribution < -0.4 is 14.2 Å². The van der Waals surface area contributed by atoms with Gasteiger partial charge in [-0.2, -0.15) is 5.26 Å². The Kier molecular flexibility index (Phi) is 8.11. The first-order valence-electron chi connectivity index (χ1n) is 9.16. The molecule has 5 nitrogen and oxygen atoms in total. The van der Waals surface area contributed by atoms with Gasteiger partial charge in [-0.1, -0.05) is 26.0 Å². The normalized spacial score (nSPS) is 10.7. The number of benzene rings is 2. The van der Waals surface area contributed by atoms with E-state index >= 15 is 0 Å². The Morgan fingerprint density at radius 2 is 1.86 bits per heavy atom. The lowest BCUT2D eigenvalue weighted by atomic mass is 10.1. The average Bonchev–Trinajstić information content (AvgIpc) is 2.71. The predicted molar refractivity (Wildman–Crippen MR) is 109 cm³/mol. The lowest BCUT2D eigenvalue weighted by Crippen LogP contribution is -2.02. The molecule has 0 aliphatic carbocycles. The topological polar surface area (TPSA) is 68.5 Å². The summed E-state index contributed by atoms with van der Waals surface area (Å²) in [4.78, 5) is 12.3. The van der Waals surface area contributed by atoms with Crippen LogP contribution in [-0.2, 0) is 0 Å². The second-order valence-corrected chi connectivity index (χ2v) is 6.61. The highest BCUT2D eigenvalue weighted by molar-refractivity contribution is 6.06. The molecule has 2 rings (SSSR count). The van der Waals surface area contributed by atoms with Gasteiger partial charge in [-0.15, -0.1) is 0 Å². The Morgan fingerprint density at radius 1 is 1.11 bits per heavy atom. The van der Waals surface area contributed by atoms with Crippen molar-refractivity contribution >= 4 is 11.9 Å². The van der Waals surface area contributed by atoms with E-state index in [1.165, 1.54) is 6.08 Å². The van der Waals surface area contributed by atoms with Crippen molar-refractivity contribution in [2.24, 2.45) is 5.92 Å². The summed E-state index contributed by atoms with van der Waals surface area (Å²) >= 11 is 0. The fourth-order valence-corrected chi connectivity index (χ4v) is 2.41. The molecule has 2 aromatic carbocycles. The van der Waals surface area contributed by atoms with Crippen LogP contribution in [-0.4, -0.2) is 26.1 Å². The quantitative estimate of drug-likeness (QED) is 0.433. The number of nitrogens with zero attached hydrogens (tertiary/aromatic N) is 1. The predicted octanol–water partition coefficient (Wildman–Crippen LogP) is 4.92. The van der Waals surface area contributed by atoms with Gasteiger partial charge in [0.15, 0.2) is 23.9 Å². The Bertz CT molecular complexity index is 848. The first kappa shape index (κ1) is 21.0. The third-order valence-corrected chi connectivity index (χ3v) is 4.01. The molecular formula is C23H25NO4. The summed E-state index contributed by atoms with van der Waals surface area (Å²) in [6.45, 7) is 4.92. The number of methoxy groups -OCH3 is 1. The van der Waals surface area contributed by atoms with E-state index in [1.807, 2.05) is 24.3 Å². The van der Waals surface area contributed by atoms with Crippen molar-refractivity contribution in [3.63, 3.8) is 0 Å². The van der Waals surface area contributed by atoms with Crippen LogP contribution in [0.15, 0.2) is 48.5 Å². The minimum Gasteiger partial charge on any atom is -0.493 e. The van der Waals surface area contributed by atoms with Crippen LogP contribution in [0.3, 0.4) is 0 Å². The van der Waals surface area contributed by atoms with E-state index in [-0.39, 0.29) is 12.4 Å². The molecule has 2 aromatic rings. The highest BCUT2D eigenvalue weighted by Gasteiger charge is 2.07. The maximum absolute atomic E-state index is 12.3. The van der Waals surface area contributed by atoms with Crippen LogP contribution in [0.2, 0.25) is 0 Å². The number of ether oxygens (including phenoxy) is 3. The monoisotopic (exact) mass is 379 g/mol. The molecule has 0 saturated heterocycles. The number of allylic oxidation sites excluding steroid dienone is 1. The fraction of sp³-hybridized carbons (Fsp3) is 0.304. The highest BCUT2D eigenvalue weighted by atomic mass is 16.5. The molecule has 0 aromatic heterocycles. The van der Waals surface area contributed by atoms with Crippen LogP contribution in [0.25, 0.3) is 6.08 Å². The smallest absolute Gasteiger partial charge is 0.185 e. The van der Waals surface area contributed by atoms with Gasteiger partial charge in [0.2, 0.25) is 0 Å². The first-order valence-corrected chi connectivity index (χ1v) is 9.16. The van der Waals surface area contributed by atoms with Crippen LogP contribution >= 0.6 is 0 Å². The third kappa shape index (κ3) is 6.48. The van der Waals surface area contributed by atoms with Crippen LogP contribution in [0.1, 0.15) is 36.2 Å². The molecule has 0 aliphatic rings. The largest absolute Gasteiger partial charge is 0.493 e. The van der Waals surface area contributed by atoms with Crippen molar-refractivity contribution in [3.8, 4) is 23.3 Å². The van der Waals surface area contributed by atoms with E-state index in [9.17, 15) is 4.79 Å². The van der Waals surface area contributed by atoms with Crippen molar-refractivity contribution < 1.29 is 19.0 Å². The van der Waals surface area contributed by atoms with Crippen LogP contribution in [0.4, 0.5) is 0 Å².